The third-order valence-electron chi connectivity index (χ3n) is 5.53. The van der Waals surface area contributed by atoms with E-state index < -0.39 is 11.9 Å². The number of nitrogens with one attached hydrogen (secondary N) is 1. The van der Waals surface area contributed by atoms with Gasteiger partial charge in [0.15, 0.2) is 5.16 Å². The molecule has 3 N–H and O–H groups in total. The molecule has 0 bridgehead atoms. The standard InChI is InChI=1S/C22H24N4O3S2/c1-12-7-8-14(11-13(12)2)26-20(28)18-15-5-3-4-6-16(15)31-19(18)25-22(26)30-10-9-17(27)24-21(23)29/h7-8,11H,3-6,9-10H2,1-2H3,(H3,23,24,27,29). The molecule has 7 nitrogen and oxygen atoms in total. The highest BCUT2D eigenvalue weighted by Crippen LogP contribution is 2.35. The zero-order valence-corrected chi connectivity index (χ0v) is 19.1. The molecular weight excluding hydrogens is 432 g/mol. The Hall–Kier alpha value is -2.65. The molecule has 1 aromatic carbocycles. The largest absolute Gasteiger partial charge is 0.351 e. The molecule has 0 saturated heterocycles. The lowest BCUT2D eigenvalue weighted by molar-refractivity contribution is -0.119. The van der Waals surface area contributed by atoms with Gasteiger partial charge in [0.05, 0.1) is 11.1 Å². The Kier molecular flexibility index (Phi) is 6.15. The number of amides is 3. The molecule has 9 heteroatoms. The Balaban J connectivity index is 1.79. The fraction of sp³-hybridized carbons (Fsp3) is 0.364. The van der Waals surface area contributed by atoms with Gasteiger partial charge >= 0.3 is 6.03 Å². The van der Waals surface area contributed by atoms with Gasteiger partial charge in [-0.2, -0.15) is 0 Å². The fourth-order valence-corrected chi connectivity index (χ4v) is 6.06. The number of hydrogen-bond acceptors (Lipinski definition) is 6. The van der Waals surface area contributed by atoms with E-state index in [0.29, 0.717) is 10.9 Å². The second kappa shape index (κ2) is 8.84. The predicted molar refractivity (Wildman–Crippen MR) is 124 cm³/mol. The molecule has 0 unspecified atom stereocenters. The summed E-state index contributed by atoms with van der Waals surface area (Å²) < 4.78 is 1.66. The van der Waals surface area contributed by atoms with E-state index in [1.165, 1.54) is 16.6 Å². The summed E-state index contributed by atoms with van der Waals surface area (Å²) in [6, 6.07) is 5.05. The lowest BCUT2D eigenvalue weighted by atomic mass is 9.97. The van der Waals surface area contributed by atoms with Gasteiger partial charge in [-0.05, 0) is 68.4 Å². The number of urea groups is 1. The Bertz CT molecular complexity index is 1250. The maximum absolute atomic E-state index is 13.7. The average molecular weight is 457 g/mol. The van der Waals surface area contributed by atoms with E-state index in [4.69, 9.17) is 10.7 Å². The number of hydrogen-bond donors (Lipinski definition) is 2. The summed E-state index contributed by atoms with van der Waals surface area (Å²) in [5, 5.41) is 3.34. The molecule has 2 heterocycles. The normalized spacial score (nSPS) is 13.2. The summed E-state index contributed by atoms with van der Waals surface area (Å²) in [5.74, 6) is -0.0831. The molecule has 4 rings (SSSR count). The van der Waals surface area contributed by atoms with E-state index in [1.54, 1.807) is 15.9 Å². The monoisotopic (exact) mass is 456 g/mol. The van der Waals surface area contributed by atoms with Gasteiger partial charge in [0, 0.05) is 17.1 Å². The first-order valence-electron chi connectivity index (χ1n) is 10.2. The summed E-state index contributed by atoms with van der Waals surface area (Å²) in [6.45, 7) is 4.05. The molecule has 31 heavy (non-hydrogen) atoms. The van der Waals surface area contributed by atoms with Crippen molar-refractivity contribution in [2.45, 2.75) is 51.1 Å². The smallest absolute Gasteiger partial charge is 0.318 e. The van der Waals surface area contributed by atoms with Crippen molar-refractivity contribution >= 4 is 45.3 Å². The van der Waals surface area contributed by atoms with Crippen molar-refractivity contribution in [2.75, 3.05) is 5.75 Å². The Labute approximate surface area is 188 Å². The second-order valence-electron chi connectivity index (χ2n) is 7.71. The van der Waals surface area contributed by atoms with Crippen molar-refractivity contribution in [3.8, 4) is 5.69 Å². The van der Waals surface area contributed by atoms with Crippen molar-refractivity contribution in [1.82, 2.24) is 14.9 Å². The van der Waals surface area contributed by atoms with Crippen molar-refractivity contribution < 1.29 is 9.59 Å². The number of fused-ring (bicyclic) bond motifs is 3. The van der Waals surface area contributed by atoms with Gasteiger partial charge in [0.2, 0.25) is 5.91 Å². The van der Waals surface area contributed by atoms with Gasteiger partial charge < -0.3 is 5.73 Å². The lowest BCUT2D eigenvalue weighted by Gasteiger charge is -2.14. The molecular formula is C22H24N4O3S2. The quantitative estimate of drug-likeness (QED) is 0.450. The van der Waals surface area contributed by atoms with Gasteiger partial charge in [-0.25, -0.2) is 9.78 Å². The van der Waals surface area contributed by atoms with Crippen LogP contribution >= 0.6 is 23.1 Å². The molecule has 0 spiro atoms. The number of imide groups is 1. The molecule has 0 radical (unpaired) electrons. The first-order chi connectivity index (χ1) is 14.8. The number of thioether (sulfide) groups is 1. The van der Waals surface area contributed by atoms with Crippen molar-refractivity contribution in [3.05, 3.63) is 50.1 Å². The van der Waals surface area contributed by atoms with Crippen LogP contribution in [0.5, 0.6) is 0 Å². The Morgan fingerprint density at radius 1 is 1.23 bits per heavy atom. The summed E-state index contributed by atoms with van der Waals surface area (Å²) in [7, 11) is 0. The number of benzene rings is 1. The third-order valence-corrected chi connectivity index (χ3v) is 7.66. The average Bonchev–Trinajstić information content (AvgIpc) is 3.08. The topological polar surface area (TPSA) is 107 Å². The zero-order valence-electron chi connectivity index (χ0n) is 17.5. The van der Waals surface area contributed by atoms with Crippen LogP contribution in [0.3, 0.4) is 0 Å². The van der Waals surface area contributed by atoms with Gasteiger partial charge in [0.1, 0.15) is 4.83 Å². The van der Waals surface area contributed by atoms with Crippen LogP contribution in [0.15, 0.2) is 28.2 Å². The molecule has 1 aliphatic carbocycles. The van der Waals surface area contributed by atoms with Crippen LogP contribution in [0.25, 0.3) is 15.9 Å². The first-order valence-corrected chi connectivity index (χ1v) is 12.0. The molecule has 1 aliphatic rings. The van der Waals surface area contributed by atoms with Crippen molar-refractivity contribution in [2.24, 2.45) is 5.73 Å². The number of nitrogens with two attached hydrogens (primary N) is 1. The number of aryl methyl sites for hydroxylation is 4. The van der Waals surface area contributed by atoms with Gasteiger partial charge in [-0.3, -0.25) is 19.5 Å². The Morgan fingerprint density at radius 2 is 2.00 bits per heavy atom. The molecule has 3 aromatic rings. The molecule has 162 valence electrons. The number of primary amides is 1. The minimum absolute atomic E-state index is 0.0586. The minimum Gasteiger partial charge on any atom is -0.351 e. The van der Waals surface area contributed by atoms with Crippen molar-refractivity contribution in [3.63, 3.8) is 0 Å². The van der Waals surface area contributed by atoms with Gasteiger partial charge in [0.25, 0.3) is 5.56 Å². The van der Waals surface area contributed by atoms with Crippen molar-refractivity contribution in [1.29, 1.82) is 0 Å². The molecule has 0 aliphatic heterocycles. The number of thiophene rings is 1. The second-order valence-corrected chi connectivity index (χ2v) is 9.85. The van der Waals surface area contributed by atoms with E-state index in [9.17, 15) is 14.4 Å². The SMILES string of the molecule is Cc1ccc(-n2c(SCCC(=O)NC(N)=O)nc3sc4c(c3c2=O)CCCC4)cc1C. The molecule has 0 fully saturated rings. The first kappa shape index (κ1) is 21.6. The number of aromatic nitrogens is 2. The number of nitrogens with zero attached hydrogens (tertiary/aromatic N) is 2. The van der Waals surface area contributed by atoms with E-state index in [2.05, 4.69) is 5.32 Å². The number of rotatable bonds is 5. The van der Waals surface area contributed by atoms with E-state index in [-0.39, 0.29) is 12.0 Å². The van der Waals surface area contributed by atoms with Crippen LogP contribution in [0.4, 0.5) is 4.79 Å². The van der Waals surface area contributed by atoms with Crippen LogP contribution in [0, 0.1) is 13.8 Å². The number of carbonyl (C=O) groups excluding carboxylic acids is 2. The predicted octanol–water partition coefficient (Wildman–Crippen LogP) is 3.62. The van der Waals surface area contributed by atoms with Gasteiger partial charge in [-0.1, -0.05) is 17.8 Å². The highest BCUT2D eigenvalue weighted by atomic mass is 32.2. The summed E-state index contributed by atoms with van der Waals surface area (Å²) in [5.41, 5.74) is 9.10. The van der Waals surface area contributed by atoms with Crippen LogP contribution < -0.4 is 16.6 Å². The van der Waals surface area contributed by atoms with Gasteiger partial charge in [-0.15, -0.1) is 11.3 Å². The Morgan fingerprint density at radius 3 is 2.74 bits per heavy atom. The minimum atomic E-state index is -0.870. The zero-order chi connectivity index (χ0) is 22.1. The van der Waals surface area contributed by atoms with Crippen LogP contribution in [-0.2, 0) is 17.6 Å². The summed E-state index contributed by atoms with van der Waals surface area (Å²) in [6.07, 6.45) is 4.23. The third kappa shape index (κ3) is 4.38. The molecule has 2 aromatic heterocycles. The van der Waals surface area contributed by atoms with Crippen LogP contribution in [0.1, 0.15) is 40.8 Å². The summed E-state index contributed by atoms with van der Waals surface area (Å²) in [4.78, 5) is 43.2. The summed E-state index contributed by atoms with van der Waals surface area (Å²) >= 11 is 2.94. The lowest BCUT2D eigenvalue weighted by Crippen LogP contribution is -2.35. The van der Waals surface area contributed by atoms with Crippen LogP contribution in [-0.4, -0.2) is 27.2 Å². The van der Waals surface area contributed by atoms with Crippen LogP contribution in [0.2, 0.25) is 0 Å². The molecule has 0 atom stereocenters. The maximum atomic E-state index is 13.7. The molecule has 3 amide bonds. The van der Waals surface area contributed by atoms with E-state index in [1.807, 2.05) is 32.0 Å². The maximum Gasteiger partial charge on any atom is 0.318 e. The highest BCUT2D eigenvalue weighted by Gasteiger charge is 2.23. The van der Waals surface area contributed by atoms with E-state index in [0.717, 1.165) is 58.3 Å². The van der Waals surface area contributed by atoms with E-state index >= 15 is 0 Å². The highest BCUT2D eigenvalue weighted by molar-refractivity contribution is 7.99. The number of carbonyl (C=O) groups is 2. The molecule has 0 saturated carbocycles. The fourth-order valence-electron chi connectivity index (χ4n) is 3.81.